The number of hydrogen-bond acceptors (Lipinski definition) is 2. The maximum Gasteiger partial charge on any atom is 0.119 e. The van der Waals surface area contributed by atoms with E-state index in [0.29, 0.717) is 12.2 Å². The van der Waals surface area contributed by atoms with Crippen LogP contribution in [-0.2, 0) is 11.2 Å². The molecule has 1 heterocycles. The second kappa shape index (κ2) is 2.99. The lowest BCUT2D eigenvalue weighted by molar-refractivity contribution is 0.357. The number of hydrogen-bond donors (Lipinski definition) is 0. The minimum atomic E-state index is 0.387. The molecule has 2 heteroatoms. The van der Waals surface area contributed by atoms with E-state index in [1.165, 1.54) is 30.4 Å². The summed E-state index contributed by atoms with van der Waals surface area (Å²) < 4.78 is 10.8. The Hall–Kier alpha value is -1.02. The van der Waals surface area contributed by atoms with Gasteiger partial charge in [-0.25, -0.2) is 0 Å². The smallest absolute Gasteiger partial charge is 0.119 e. The van der Waals surface area contributed by atoms with Crippen molar-refractivity contribution in [2.24, 2.45) is 0 Å². The van der Waals surface area contributed by atoms with Crippen molar-refractivity contribution >= 4 is 0 Å². The molecule has 0 aromatic heterocycles. The van der Waals surface area contributed by atoms with Crippen LogP contribution in [0.15, 0.2) is 18.2 Å². The fourth-order valence-corrected chi connectivity index (χ4v) is 2.33. The van der Waals surface area contributed by atoms with Gasteiger partial charge in [0.05, 0.1) is 13.2 Å². The molecule has 3 rings (SSSR count). The summed E-state index contributed by atoms with van der Waals surface area (Å²) in [7, 11) is 1.72. The van der Waals surface area contributed by atoms with Crippen LogP contribution in [0.5, 0.6) is 5.75 Å². The highest BCUT2D eigenvalue weighted by atomic mass is 16.6. The van der Waals surface area contributed by atoms with Gasteiger partial charge < -0.3 is 9.47 Å². The van der Waals surface area contributed by atoms with Gasteiger partial charge in [0.2, 0.25) is 0 Å². The molecule has 74 valence electrons. The van der Waals surface area contributed by atoms with Crippen molar-refractivity contribution in [3.63, 3.8) is 0 Å². The molecule has 14 heavy (non-hydrogen) atoms. The zero-order chi connectivity index (χ0) is 9.54. The van der Waals surface area contributed by atoms with Gasteiger partial charge in [0, 0.05) is 0 Å². The normalized spacial score (nSPS) is 28.6. The SMILES string of the molecule is COc1ccc2c(c1)CCC[C@@H]1O[C@H]21. The summed E-state index contributed by atoms with van der Waals surface area (Å²) in [6, 6.07) is 6.34. The molecular weight excluding hydrogens is 176 g/mol. The monoisotopic (exact) mass is 190 g/mol. The first-order chi connectivity index (χ1) is 6.88. The molecule has 0 radical (unpaired) electrons. The van der Waals surface area contributed by atoms with E-state index in [2.05, 4.69) is 12.1 Å². The van der Waals surface area contributed by atoms with Crippen LogP contribution in [0.4, 0.5) is 0 Å². The molecule has 0 spiro atoms. The first-order valence-corrected chi connectivity index (χ1v) is 5.21. The molecule has 1 aromatic rings. The topological polar surface area (TPSA) is 21.8 Å². The summed E-state index contributed by atoms with van der Waals surface area (Å²) in [5, 5.41) is 0. The maximum absolute atomic E-state index is 5.62. The van der Waals surface area contributed by atoms with E-state index in [-0.39, 0.29) is 0 Å². The number of methoxy groups -OCH3 is 1. The van der Waals surface area contributed by atoms with Crippen molar-refractivity contribution in [2.45, 2.75) is 31.5 Å². The molecule has 0 N–H and O–H groups in total. The molecule has 2 aliphatic rings. The fraction of sp³-hybridized carbons (Fsp3) is 0.500. The van der Waals surface area contributed by atoms with Gasteiger partial charge in [-0.3, -0.25) is 0 Å². The average Bonchev–Trinajstić information content (AvgIpc) is 2.96. The number of benzene rings is 1. The molecular formula is C12H14O2. The Morgan fingerprint density at radius 2 is 2.36 bits per heavy atom. The van der Waals surface area contributed by atoms with Crippen LogP contribution < -0.4 is 4.74 Å². The summed E-state index contributed by atoms with van der Waals surface area (Å²) in [5.41, 5.74) is 2.79. The quantitative estimate of drug-likeness (QED) is 0.634. The van der Waals surface area contributed by atoms with Crippen LogP contribution in [-0.4, -0.2) is 13.2 Å². The van der Waals surface area contributed by atoms with Crippen LogP contribution in [0.2, 0.25) is 0 Å². The summed E-state index contributed by atoms with van der Waals surface area (Å²) >= 11 is 0. The Morgan fingerprint density at radius 3 is 3.21 bits per heavy atom. The third-order valence-electron chi connectivity index (χ3n) is 3.17. The molecule has 0 saturated carbocycles. The van der Waals surface area contributed by atoms with E-state index in [0.717, 1.165) is 5.75 Å². The zero-order valence-electron chi connectivity index (χ0n) is 8.32. The highest BCUT2D eigenvalue weighted by molar-refractivity contribution is 5.39. The maximum atomic E-state index is 5.62. The summed E-state index contributed by atoms with van der Waals surface area (Å²) in [5.74, 6) is 0.961. The molecule has 0 bridgehead atoms. The number of aryl methyl sites for hydroxylation is 1. The van der Waals surface area contributed by atoms with Gasteiger partial charge in [-0.05, 0) is 42.5 Å². The molecule has 1 aliphatic heterocycles. The highest BCUT2D eigenvalue weighted by Crippen LogP contribution is 2.46. The van der Waals surface area contributed by atoms with Gasteiger partial charge in [0.25, 0.3) is 0 Å². The Bertz CT molecular complexity index is 359. The van der Waals surface area contributed by atoms with Gasteiger partial charge in [0.15, 0.2) is 0 Å². The molecule has 0 amide bonds. The van der Waals surface area contributed by atoms with Crippen molar-refractivity contribution in [2.75, 3.05) is 7.11 Å². The van der Waals surface area contributed by atoms with Gasteiger partial charge in [-0.2, -0.15) is 0 Å². The van der Waals surface area contributed by atoms with Crippen molar-refractivity contribution in [1.82, 2.24) is 0 Å². The van der Waals surface area contributed by atoms with Crippen LogP contribution in [0.3, 0.4) is 0 Å². The Morgan fingerprint density at radius 1 is 1.43 bits per heavy atom. The lowest BCUT2D eigenvalue weighted by Gasteiger charge is -2.07. The van der Waals surface area contributed by atoms with Crippen LogP contribution in [0.25, 0.3) is 0 Å². The van der Waals surface area contributed by atoms with E-state index in [9.17, 15) is 0 Å². The second-order valence-corrected chi connectivity index (χ2v) is 4.05. The number of fused-ring (bicyclic) bond motifs is 3. The Kier molecular flexibility index (Phi) is 1.77. The van der Waals surface area contributed by atoms with E-state index >= 15 is 0 Å². The number of rotatable bonds is 1. The van der Waals surface area contributed by atoms with Crippen LogP contribution in [0.1, 0.15) is 30.1 Å². The summed E-state index contributed by atoms with van der Waals surface area (Å²) in [6.45, 7) is 0. The molecule has 0 unspecified atom stereocenters. The van der Waals surface area contributed by atoms with E-state index in [1.54, 1.807) is 7.11 Å². The van der Waals surface area contributed by atoms with Crippen molar-refractivity contribution in [3.05, 3.63) is 29.3 Å². The minimum absolute atomic E-state index is 0.387. The summed E-state index contributed by atoms with van der Waals surface area (Å²) in [4.78, 5) is 0. The molecule has 1 saturated heterocycles. The third kappa shape index (κ3) is 1.22. The molecule has 1 aliphatic carbocycles. The largest absolute Gasteiger partial charge is 0.497 e. The molecule has 2 atom stereocenters. The van der Waals surface area contributed by atoms with Crippen LogP contribution in [0, 0.1) is 0 Å². The van der Waals surface area contributed by atoms with Crippen molar-refractivity contribution < 1.29 is 9.47 Å². The third-order valence-corrected chi connectivity index (χ3v) is 3.17. The predicted molar refractivity (Wildman–Crippen MR) is 53.5 cm³/mol. The van der Waals surface area contributed by atoms with Crippen LogP contribution >= 0.6 is 0 Å². The first-order valence-electron chi connectivity index (χ1n) is 5.21. The number of epoxide rings is 1. The van der Waals surface area contributed by atoms with Crippen molar-refractivity contribution in [1.29, 1.82) is 0 Å². The average molecular weight is 190 g/mol. The van der Waals surface area contributed by atoms with Gasteiger partial charge in [-0.1, -0.05) is 6.07 Å². The lowest BCUT2D eigenvalue weighted by atomic mass is 10.0. The summed E-state index contributed by atoms with van der Waals surface area (Å²) in [6.07, 6.45) is 4.51. The van der Waals surface area contributed by atoms with E-state index < -0.39 is 0 Å². The Labute approximate surface area is 83.8 Å². The second-order valence-electron chi connectivity index (χ2n) is 4.05. The van der Waals surface area contributed by atoms with E-state index in [1.807, 2.05) is 6.07 Å². The van der Waals surface area contributed by atoms with E-state index in [4.69, 9.17) is 9.47 Å². The number of ether oxygens (including phenoxy) is 2. The molecule has 1 fully saturated rings. The fourth-order valence-electron chi connectivity index (χ4n) is 2.33. The molecule has 2 nitrogen and oxygen atoms in total. The lowest BCUT2D eigenvalue weighted by Crippen LogP contribution is -1.93. The van der Waals surface area contributed by atoms with Gasteiger partial charge in [0.1, 0.15) is 11.9 Å². The Balaban J connectivity index is 2.02. The van der Waals surface area contributed by atoms with Crippen molar-refractivity contribution in [3.8, 4) is 5.75 Å². The first kappa shape index (κ1) is 8.30. The van der Waals surface area contributed by atoms with Gasteiger partial charge >= 0.3 is 0 Å². The minimum Gasteiger partial charge on any atom is -0.497 e. The van der Waals surface area contributed by atoms with Gasteiger partial charge in [-0.15, -0.1) is 0 Å². The predicted octanol–water partition coefficient (Wildman–Crippen LogP) is 2.47. The molecule has 1 aromatic carbocycles. The zero-order valence-corrected chi connectivity index (χ0v) is 8.32. The standard InChI is InChI=1S/C12H14O2/c1-13-9-5-6-10-8(7-9)3-2-4-11-12(10)14-11/h5-7,11-12H,2-4H2,1H3/t11-,12+/m0/s1. The highest BCUT2D eigenvalue weighted by Gasteiger charge is 2.42.